The van der Waals surface area contributed by atoms with E-state index in [-0.39, 0.29) is 110 Å². The van der Waals surface area contributed by atoms with Gasteiger partial charge < -0.3 is 77.0 Å². The second-order valence-corrected chi connectivity index (χ2v) is 43.0. The number of carbonyl (C=O) groups is 4. The third-order valence-electron chi connectivity index (χ3n) is 23.4. The lowest BCUT2D eigenvalue weighted by Crippen LogP contribution is -2.47. The summed E-state index contributed by atoms with van der Waals surface area (Å²) in [5, 5.41) is 26.2. The first kappa shape index (κ1) is 105. The number of hydrogen-bond acceptors (Lipinski definition) is 28. The average Bonchev–Trinajstić information content (AvgIpc) is 1.60. The number of nitrogens with two attached hydrogens (primary N) is 1. The van der Waals surface area contributed by atoms with Gasteiger partial charge in [0.25, 0.3) is 30.1 Å². The number of carbonyl (C=O) groups excluding carboxylic acids is 4. The summed E-state index contributed by atoms with van der Waals surface area (Å²) in [6.45, 7) is 23.7. The van der Waals surface area contributed by atoms with E-state index in [9.17, 15) is 53.2 Å². The molecule has 13 heterocycles. The fraction of sp³-hybridized carbons (Fsp3) is 0.396. The molecular formula is C96H117Cl3F2N24O12S3. The second-order valence-electron chi connectivity index (χ2n) is 36.7. The Morgan fingerprint density at radius 3 is 1.14 bits per heavy atom. The van der Waals surface area contributed by atoms with E-state index < -0.39 is 52.9 Å². The Labute approximate surface area is 828 Å². The van der Waals surface area contributed by atoms with Gasteiger partial charge in [-0.15, -0.1) is 12.4 Å². The summed E-state index contributed by atoms with van der Waals surface area (Å²) >= 11 is 11.7. The lowest BCUT2D eigenvalue weighted by molar-refractivity contribution is -0.131. The van der Waals surface area contributed by atoms with Gasteiger partial charge in [-0.3, -0.25) is 9.59 Å². The molecule has 8 aromatic heterocycles. The Bertz CT molecular complexity index is 6830. The van der Waals surface area contributed by atoms with Crippen molar-refractivity contribution in [3.8, 4) is 0 Å². The molecule has 0 spiro atoms. The maximum Gasteiger partial charge on any atom is 0.410 e. The fourth-order valence-electron chi connectivity index (χ4n) is 16.5. The van der Waals surface area contributed by atoms with Gasteiger partial charge in [-0.25, -0.2) is 95.4 Å². The molecule has 0 bridgehead atoms. The Morgan fingerprint density at radius 2 is 0.779 bits per heavy atom. The lowest BCUT2D eigenvalue weighted by atomic mass is 10.1. The lowest BCUT2D eigenvalue weighted by Gasteiger charge is -2.34. The number of fused-ring (bicyclic) bond motifs is 4. The van der Waals surface area contributed by atoms with Gasteiger partial charge in [-0.2, -0.15) is 0 Å². The van der Waals surface area contributed by atoms with E-state index in [2.05, 4.69) is 82.1 Å². The first-order valence-electron chi connectivity index (χ1n) is 45.9. The van der Waals surface area contributed by atoms with Crippen molar-refractivity contribution in [2.45, 2.75) is 183 Å². The summed E-state index contributed by atoms with van der Waals surface area (Å²) in [5.74, 6) is 1.38. The summed E-state index contributed by atoms with van der Waals surface area (Å²) in [6.07, 6.45) is 20.6. The van der Waals surface area contributed by atoms with Crippen molar-refractivity contribution < 1.29 is 62.7 Å². The minimum absolute atomic E-state index is 0. The predicted molar refractivity (Wildman–Crippen MR) is 540 cm³/mol. The number of likely N-dealkylation sites (tertiary alicyclic amines) is 4. The first-order valence-corrected chi connectivity index (χ1v) is 51.0. The van der Waals surface area contributed by atoms with Crippen molar-refractivity contribution in [3.63, 3.8) is 0 Å². The van der Waals surface area contributed by atoms with Crippen LogP contribution >= 0.6 is 35.6 Å². The van der Waals surface area contributed by atoms with Crippen molar-refractivity contribution in [1.29, 1.82) is 0 Å². The number of hydrogen-bond donors (Lipinski definition) is 9. The topological polar surface area (TPSA) is 446 Å². The van der Waals surface area contributed by atoms with Crippen LogP contribution in [0.2, 0.25) is 10.0 Å². The molecular weight excluding hydrogens is 1920 g/mol. The van der Waals surface area contributed by atoms with Crippen molar-refractivity contribution in [1.82, 2.24) is 81.7 Å². The average molecular weight is 2040 g/mol. The van der Waals surface area contributed by atoms with E-state index in [0.717, 1.165) is 121 Å². The van der Waals surface area contributed by atoms with Crippen molar-refractivity contribution in [2.24, 2.45) is 5.73 Å². The standard InChI is InChI=1S/C26H26ClFN6O3S.C23H29N5O4S.C19H20ClFN6O.C18H21N5O2S.C10H20N2O2.ClH/c1-17-4-6-22(7-5-17)38(36,37)34-10-8-23-25(30-16-31-26(23)34)32-20-3-2-9-33(15-20)24(35)14-29-21-12-18(27)11-19(28)13-21;1-16-7-9-18(10-8-16)33(30,31)28-13-11-19-20(24-15-25-21(19)28)26-17-6-5-12-27(14-17)22(29)32-23(2,3)4;20-12-6-13(21)8-15(7-12)23-9-17(28)27-5-1-2-14(10-27)26-19-16-3-4-22-18(16)24-11-25-19;1-13-4-6-15(7-5-13)26(24,25)23-10-8-16-17(20-12-21-18(16)23)22-14-3-2-9-19-11-14;1-10(2,3)14-9(13)12-6-4-5-8(11)7-12;/h4-8,10-13,16,20,29H,2-3,9,14-15H2,1H3,(H,30,31,32);7-11,13,15,17H,5-6,12,14H2,1-4H3,(H,24,25,26);3-4,6-8,11,14,23H,1-2,5,9-10H2,(H2,22,24,25,26);4-8,10,12,14,19H,2-3,9,11H2,1H3,(H,20,21,22);8H,4-7,11H2,1-3H3;1H/t20-;17-;2*14-;8-;/m00000./s1. The van der Waals surface area contributed by atoms with Crippen molar-refractivity contribution in [2.75, 3.05) is 110 Å². The number of aryl methyl sites for hydroxylation is 3. The van der Waals surface area contributed by atoms with Crippen LogP contribution in [-0.4, -0.2) is 246 Å². The zero-order valence-corrected chi connectivity index (χ0v) is 83.9. The predicted octanol–water partition coefficient (Wildman–Crippen LogP) is 15.2. The molecule has 5 aliphatic heterocycles. The molecule has 5 atom stereocenters. The van der Waals surface area contributed by atoms with E-state index in [0.29, 0.717) is 102 Å². The van der Waals surface area contributed by atoms with Gasteiger partial charge in [0, 0.05) is 135 Å². The van der Waals surface area contributed by atoms with Crippen LogP contribution in [0.1, 0.15) is 122 Å². The Kier molecular flexibility index (Phi) is 34.5. The molecule has 5 aromatic carbocycles. The highest BCUT2D eigenvalue weighted by atomic mass is 35.5. The van der Waals surface area contributed by atoms with Gasteiger partial charge in [0.1, 0.15) is 77.1 Å². The van der Waals surface area contributed by atoms with Crippen LogP contribution < -0.4 is 43.0 Å². The van der Waals surface area contributed by atoms with Crippen LogP contribution in [0.4, 0.5) is 53.0 Å². The number of amides is 4. The molecule has 0 saturated carbocycles. The van der Waals surface area contributed by atoms with Gasteiger partial charge in [0.2, 0.25) is 11.8 Å². The van der Waals surface area contributed by atoms with Crippen molar-refractivity contribution in [3.05, 3.63) is 222 Å². The van der Waals surface area contributed by atoms with Crippen molar-refractivity contribution >= 4 is 168 Å². The molecule has 0 radical (unpaired) electrons. The number of anilines is 6. The Morgan fingerprint density at radius 1 is 0.436 bits per heavy atom. The summed E-state index contributed by atoms with van der Waals surface area (Å²) in [6, 6.07) is 35.7. The number of benzene rings is 5. The van der Waals surface area contributed by atoms with Crippen LogP contribution in [-0.2, 0) is 49.1 Å². The molecule has 0 unspecified atom stereocenters. The minimum Gasteiger partial charge on any atom is -0.444 e. The third kappa shape index (κ3) is 27.3. The number of nitrogens with one attached hydrogen (secondary N) is 8. The molecule has 5 saturated heterocycles. The molecule has 36 nitrogen and oxygen atoms in total. The number of H-pyrrole nitrogens is 1. The zero-order valence-electron chi connectivity index (χ0n) is 79.1. The smallest absolute Gasteiger partial charge is 0.410 e. The van der Waals surface area contributed by atoms with E-state index >= 15 is 0 Å². The normalized spacial score (nSPS) is 17.5. The van der Waals surface area contributed by atoms with Gasteiger partial charge in [-0.1, -0.05) is 76.3 Å². The molecule has 0 aliphatic carbocycles. The molecule has 140 heavy (non-hydrogen) atoms. The van der Waals surface area contributed by atoms with Gasteiger partial charge >= 0.3 is 12.2 Å². The molecule has 10 N–H and O–H groups in total. The molecule has 5 aliphatic rings. The van der Waals surface area contributed by atoms with Crippen LogP contribution in [0.25, 0.3) is 44.1 Å². The van der Waals surface area contributed by atoms with E-state index in [1.807, 2.05) is 79.5 Å². The number of aromatic nitrogens is 12. The molecule has 44 heteroatoms. The van der Waals surface area contributed by atoms with E-state index in [1.54, 1.807) is 124 Å². The first-order chi connectivity index (χ1) is 66.3. The monoisotopic (exact) mass is 2040 g/mol. The second kappa shape index (κ2) is 46.2. The van der Waals surface area contributed by atoms with Gasteiger partial charge in [0.15, 0.2) is 16.9 Å². The van der Waals surface area contributed by atoms with Crippen LogP contribution in [0.3, 0.4) is 0 Å². The molecule has 18 rings (SSSR count). The zero-order chi connectivity index (χ0) is 99.1. The highest BCUT2D eigenvalue weighted by Gasteiger charge is 2.34. The van der Waals surface area contributed by atoms with Crippen LogP contribution in [0.5, 0.6) is 0 Å². The summed E-state index contributed by atoms with van der Waals surface area (Å²) in [5.41, 5.74) is 10.4. The summed E-state index contributed by atoms with van der Waals surface area (Å²) < 4.78 is 120. The fourth-order valence-corrected chi connectivity index (χ4v) is 20.9. The molecule has 5 fully saturated rings. The van der Waals surface area contributed by atoms with E-state index in [1.165, 1.54) is 69.9 Å². The maximum absolute atomic E-state index is 13.6. The largest absolute Gasteiger partial charge is 0.444 e. The minimum atomic E-state index is -3.84. The highest BCUT2D eigenvalue weighted by Crippen LogP contribution is 2.33. The SMILES string of the molecule is CC(C)(C)OC(=O)N1CCC[C@H](N)C1.Cc1ccc(S(=O)(=O)n2ccc3c(N[C@H]4CCCN(C(=O)CNc5cc(F)cc(Cl)c5)C4)ncnc32)cc1.Cc1ccc(S(=O)(=O)n2ccc3c(N[C@H]4CCCN(C(=O)OC(C)(C)C)C4)ncnc32)cc1.Cc1ccc(S(=O)(=O)n2ccc3c(N[C@H]4CCCNC4)ncnc32)cc1.Cl.O=C(CNc1cc(F)cc(Cl)c1)N1CCC[C@H](Nc2ncnc3[nH]ccc23)C1. The molecule has 746 valence electrons. The van der Waals surface area contributed by atoms with Gasteiger partial charge in [0.05, 0.1) is 49.3 Å². The third-order valence-corrected chi connectivity index (χ3v) is 28.9. The number of halogens is 5. The number of ether oxygens (including phenoxy) is 2. The number of nitrogens with zero attached hydrogens (tertiary/aromatic N) is 15. The number of rotatable bonds is 20. The Hall–Kier alpha value is -12.6. The quantitative estimate of drug-likeness (QED) is 0.0342. The van der Waals surface area contributed by atoms with E-state index in [4.69, 9.17) is 38.4 Å². The summed E-state index contributed by atoms with van der Waals surface area (Å²) in [4.78, 5) is 94.3. The number of aromatic amines is 1. The van der Waals surface area contributed by atoms with Crippen LogP contribution in [0, 0.1) is 32.4 Å². The Balaban J connectivity index is 0.000000151. The van der Waals surface area contributed by atoms with Crippen LogP contribution in [0.15, 0.2) is 198 Å². The van der Waals surface area contributed by atoms with Gasteiger partial charge in [-0.05, 0) is 230 Å². The number of piperidine rings is 5. The summed E-state index contributed by atoms with van der Waals surface area (Å²) in [7, 11) is -11.3. The highest BCUT2D eigenvalue weighted by molar-refractivity contribution is 7.90. The molecule has 13 aromatic rings. The molecule has 4 amide bonds. The maximum atomic E-state index is 13.6.